The molecule has 0 amide bonds. The lowest BCUT2D eigenvalue weighted by Gasteiger charge is -2.26. The minimum atomic E-state index is 0.392. The van der Waals surface area contributed by atoms with Gasteiger partial charge in [0.25, 0.3) is 0 Å². The zero-order valence-corrected chi connectivity index (χ0v) is 11.4. The molecular formula is C15H17N5. The fraction of sp³-hybridized carbons (Fsp3) is 0.333. The summed E-state index contributed by atoms with van der Waals surface area (Å²) in [7, 11) is 0. The molecule has 5 nitrogen and oxygen atoms in total. The van der Waals surface area contributed by atoms with E-state index in [9.17, 15) is 5.26 Å². The molecule has 1 saturated carbocycles. The normalized spacial score (nSPS) is 14.6. The van der Waals surface area contributed by atoms with E-state index in [2.05, 4.69) is 16.5 Å². The Morgan fingerprint density at radius 1 is 1.40 bits per heavy atom. The average Bonchev–Trinajstić information content (AvgIpc) is 2.71. The van der Waals surface area contributed by atoms with Crippen LogP contribution in [0.15, 0.2) is 24.3 Å². The van der Waals surface area contributed by atoms with Gasteiger partial charge in [-0.2, -0.15) is 5.26 Å². The molecule has 1 fully saturated rings. The molecule has 5 heteroatoms. The van der Waals surface area contributed by atoms with Crippen LogP contribution in [-0.4, -0.2) is 15.8 Å². The first kappa shape index (κ1) is 12.5. The van der Waals surface area contributed by atoms with Gasteiger partial charge < -0.3 is 11.1 Å². The number of nitriles is 1. The van der Waals surface area contributed by atoms with Crippen molar-refractivity contribution in [1.29, 1.82) is 5.26 Å². The quantitative estimate of drug-likeness (QED) is 0.895. The van der Waals surface area contributed by atoms with Crippen molar-refractivity contribution in [2.75, 3.05) is 11.1 Å². The molecule has 1 heterocycles. The minimum Gasteiger partial charge on any atom is -0.382 e. The number of anilines is 2. The van der Waals surface area contributed by atoms with Crippen LogP contribution in [0.1, 0.15) is 30.4 Å². The van der Waals surface area contributed by atoms with E-state index in [1.54, 1.807) is 4.68 Å². The first-order valence-electron chi connectivity index (χ1n) is 6.82. The maximum Gasteiger partial charge on any atom is 0.168 e. The van der Waals surface area contributed by atoms with Crippen LogP contribution >= 0.6 is 0 Å². The third kappa shape index (κ3) is 1.99. The van der Waals surface area contributed by atoms with Gasteiger partial charge in [0.2, 0.25) is 0 Å². The van der Waals surface area contributed by atoms with Crippen LogP contribution in [0.4, 0.5) is 11.6 Å². The van der Waals surface area contributed by atoms with Crippen LogP contribution in [0.5, 0.6) is 0 Å². The number of hydrogen-bond donors (Lipinski definition) is 2. The Morgan fingerprint density at radius 3 is 2.75 bits per heavy atom. The molecule has 1 aliphatic carbocycles. The molecular weight excluding hydrogens is 250 g/mol. The number of hydrogen-bond acceptors (Lipinski definition) is 4. The second kappa shape index (κ2) is 4.89. The van der Waals surface area contributed by atoms with Gasteiger partial charge in [0, 0.05) is 6.04 Å². The van der Waals surface area contributed by atoms with Crippen LogP contribution in [0.2, 0.25) is 0 Å². The standard InChI is InChI=1S/C15H17N5/c1-10-5-2-3-8-13(10)20-14(17)12(9-16)15(19-20)18-11-6-4-7-11/h2-3,5,8,11H,4,6-7,17H2,1H3,(H,18,19). The van der Waals surface area contributed by atoms with Crippen LogP contribution < -0.4 is 11.1 Å². The summed E-state index contributed by atoms with van der Waals surface area (Å²) in [6.45, 7) is 2.00. The second-order valence-corrected chi connectivity index (χ2v) is 5.19. The highest BCUT2D eigenvalue weighted by Gasteiger charge is 2.23. The summed E-state index contributed by atoms with van der Waals surface area (Å²) < 4.78 is 1.65. The van der Waals surface area contributed by atoms with Gasteiger partial charge >= 0.3 is 0 Å². The van der Waals surface area contributed by atoms with Gasteiger partial charge in [0.1, 0.15) is 17.5 Å². The number of nitrogens with two attached hydrogens (primary N) is 1. The van der Waals surface area contributed by atoms with Crippen LogP contribution in [0.25, 0.3) is 5.69 Å². The monoisotopic (exact) mass is 267 g/mol. The molecule has 1 aliphatic rings. The van der Waals surface area contributed by atoms with E-state index in [0.29, 0.717) is 23.2 Å². The predicted molar refractivity (Wildman–Crippen MR) is 78.7 cm³/mol. The number of nitrogens with zero attached hydrogens (tertiary/aromatic N) is 3. The van der Waals surface area contributed by atoms with Crippen LogP contribution in [0.3, 0.4) is 0 Å². The van der Waals surface area contributed by atoms with E-state index in [-0.39, 0.29) is 0 Å². The Bertz CT molecular complexity index is 676. The maximum absolute atomic E-state index is 9.31. The van der Waals surface area contributed by atoms with Crippen molar-refractivity contribution in [1.82, 2.24) is 9.78 Å². The van der Waals surface area contributed by atoms with Gasteiger partial charge in [-0.3, -0.25) is 0 Å². The first-order chi connectivity index (χ1) is 9.70. The third-order valence-electron chi connectivity index (χ3n) is 3.82. The third-order valence-corrected chi connectivity index (χ3v) is 3.82. The van der Waals surface area contributed by atoms with Gasteiger partial charge in [0.05, 0.1) is 5.69 Å². The lowest BCUT2D eigenvalue weighted by atomic mass is 9.93. The molecule has 102 valence electrons. The molecule has 0 radical (unpaired) electrons. The number of rotatable bonds is 3. The fourth-order valence-corrected chi connectivity index (χ4v) is 2.37. The molecule has 0 aliphatic heterocycles. The van der Waals surface area contributed by atoms with E-state index in [0.717, 1.165) is 24.1 Å². The molecule has 1 aromatic carbocycles. The highest BCUT2D eigenvalue weighted by molar-refractivity contribution is 5.67. The zero-order valence-electron chi connectivity index (χ0n) is 11.4. The molecule has 0 atom stereocenters. The van der Waals surface area contributed by atoms with Crippen molar-refractivity contribution < 1.29 is 0 Å². The van der Waals surface area contributed by atoms with Gasteiger partial charge in [-0.15, -0.1) is 5.10 Å². The van der Waals surface area contributed by atoms with E-state index in [1.807, 2.05) is 31.2 Å². The number of para-hydroxylation sites is 1. The Hall–Kier alpha value is -2.48. The Balaban J connectivity index is 2.04. The summed E-state index contributed by atoms with van der Waals surface area (Å²) in [5.74, 6) is 0.988. The van der Waals surface area contributed by atoms with Crippen molar-refractivity contribution >= 4 is 11.6 Å². The van der Waals surface area contributed by atoms with E-state index >= 15 is 0 Å². The van der Waals surface area contributed by atoms with E-state index in [4.69, 9.17) is 5.73 Å². The van der Waals surface area contributed by atoms with Gasteiger partial charge in [-0.05, 0) is 37.8 Å². The van der Waals surface area contributed by atoms with Crippen LogP contribution in [0, 0.1) is 18.3 Å². The Morgan fingerprint density at radius 2 is 2.15 bits per heavy atom. The molecule has 0 spiro atoms. The van der Waals surface area contributed by atoms with Crippen molar-refractivity contribution in [3.8, 4) is 11.8 Å². The van der Waals surface area contributed by atoms with Crippen molar-refractivity contribution in [2.24, 2.45) is 0 Å². The van der Waals surface area contributed by atoms with Crippen LogP contribution in [-0.2, 0) is 0 Å². The highest BCUT2D eigenvalue weighted by Crippen LogP contribution is 2.29. The summed E-state index contributed by atoms with van der Waals surface area (Å²) >= 11 is 0. The number of aromatic nitrogens is 2. The van der Waals surface area contributed by atoms with Crippen molar-refractivity contribution in [2.45, 2.75) is 32.2 Å². The second-order valence-electron chi connectivity index (χ2n) is 5.19. The number of nitrogens with one attached hydrogen (secondary N) is 1. The van der Waals surface area contributed by atoms with E-state index < -0.39 is 0 Å². The minimum absolute atomic E-state index is 0.392. The van der Waals surface area contributed by atoms with Gasteiger partial charge in [-0.25, -0.2) is 4.68 Å². The van der Waals surface area contributed by atoms with Gasteiger partial charge in [-0.1, -0.05) is 18.2 Å². The smallest absolute Gasteiger partial charge is 0.168 e. The summed E-state index contributed by atoms with van der Waals surface area (Å²) in [6.07, 6.45) is 3.48. The lowest BCUT2D eigenvalue weighted by Crippen LogP contribution is -2.27. The molecule has 20 heavy (non-hydrogen) atoms. The molecule has 0 unspecified atom stereocenters. The summed E-state index contributed by atoms with van der Waals surface area (Å²) in [5.41, 5.74) is 8.50. The number of nitrogen functional groups attached to an aromatic ring is 1. The van der Waals surface area contributed by atoms with E-state index in [1.165, 1.54) is 6.42 Å². The molecule has 3 rings (SSSR count). The molecule has 1 aromatic heterocycles. The average molecular weight is 267 g/mol. The predicted octanol–water partition coefficient (Wildman–Crippen LogP) is 2.60. The fourth-order valence-electron chi connectivity index (χ4n) is 2.37. The van der Waals surface area contributed by atoms with Crippen molar-refractivity contribution in [3.05, 3.63) is 35.4 Å². The largest absolute Gasteiger partial charge is 0.382 e. The molecule has 0 bridgehead atoms. The lowest BCUT2D eigenvalue weighted by molar-refractivity contribution is 0.444. The summed E-state index contributed by atoms with van der Waals surface area (Å²) in [6, 6.07) is 10.4. The Kier molecular flexibility index (Phi) is 3.07. The molecule has 2 aromatic rings. The number of aryl methyl sites for hydroxylation is 1. The zero-order chi connectivity index (χ0) is 14.1. The Labute approximate surface area is 118 Å². The summed E-state index contributed by atoms with van der Waals surface area (Å²) in [5, 5.41) is 17.1. The first-order valence-corrected chi connectivity index (χ1v) is 6.82. The molecule has 3 N–H and O–H groups in total. The SMILES string of the molecule is Cc1ccccc1-n1nc(NC2CCC2)c(C#N)c1N. The number of benzene rings is 1. The summed E-state index contributed by atoms with van der Waals surface area (Å²) in [4.78, 5) is 0. The molecule has 0 saturated heterocycles. The van der Waals surface area contributed by atoms with Crippen molar-refractivity contribution in [3.63, 3.8) is 0 Å². The maximum atomic E-state index is 9.31. The topological polar surface area (TPSA) is 79.7 Å². The highest BCUT2D eigenvalue weighted by atomic mass is 15.4. The van der Waals surface area contributed by atoms with Gasteiger partial charge in [0.15, 0.2) is 5.82 Å².